The van der Waals surface area contributed by atoms with E-state index in [2.05, 4.69) is 5.32 Å². The number of halogens is 1. The summed E-state index contributed by atoms with van der Waals surface area (Å²) in [6.07, 6.45) is 5.25. The van der Waals surface area contributed by atoms with E-state index in [0.29, 0.717) is 19.5 Å². The van der Waals surface area contributed by atoms with E-state index in [1.807, 2.05) is 12.1 Å². The van der Waals surface area contributed by atoms with Gasteiger partial charge in [-0.15, -0.1) is 0 Å². The van der Waals surface area contributed by atoms with Gasteiger partial charge in [0.25, 0.3) is 0 Å². The average molecular weight is 278 g/mol. The van der Waals surface area contributed by atoms with Crippen LogP contribution in [0.25, 0.3) is 0 Å². The Hall–Kier alpha value is -1.42. The molecule has 110 valence electrons. The van der Waals surface area contributed by atoms with Gasteiger partial charge in [0.05, 0.1) is 0 Å². The molecule has 0 bridgehead atoms. The van der Waals surface area contributed by atoms with Crippen LogP contribution in [-0.2, 0) is 10.2 Å². The molecule has 1 amide bonds. The van der Waals surface area contributed by atoms with Crippen molar-refractivity contribution in [3.63, 3.8) is 0 Å². The van der Waals surface area contributed by atoms with Crippen LogP contribution in [0.5, 0.6) is 0 Å². The largest absolute Gasteiger partial charge is 0.355 e. The smallest absolute Gasteiger partial charge is 0.220 e. The van der Waals surface area contributed by atoms with Crippen LogP contribution in [0, 0.1) is 5.82 Å². The Morgan fingerprint density at radius 3 is 2.65 bits per heavy atom. The fourth-order valence-corrected chi connectivity index (χ4v) is 2.55. The molecule has 2 rings (SSSR count). The van der Waals surface area contributed by atoms with E-state index in [1.165, 1.54) is 6.07 Å². The molecule has 0 aromatic heterocycles. The predicted molar refractivity (Wildman–Crippen MR) is 77.8 cm³/mol. The van der Waals surface area contributed by atoms with Gasteiger partial charge < -0.3 is 11.1 Å². The Morgan fingerprint density at radius 1 is 1.25 bits per heavy atom. The second-order valence-corrected chi connectivity index (χ2v) is 5.64. The molecular weight excluding hydrogens is 255 g/mol. The number of benzene rings is 1. The van der Waals surface area contributed by atoms with E-state index in [0.717, 1.165) is 37.7 Å². The predicted octanol–water partition coefficient (Wildman–Crippen LogP) is 2.49. The van der Waals surface area contributed by atoms with Crippen LogP contribution in [0.2, 0.25) is 0 Å². The van der Waals surface area contributed by atoms with E-state index in [-0.39, 0.29) is 17.1 Å². The van der Waals surface area contributed by atoms with E-state index in [1.54, 1.807) is 6.07 Å². The fourth-order valence-electron chi connectivity index (χ4n) is 2.55. The lowest BCUT2D eigenvalue weighted by Crippen LogP contribution is -2.32. The van der Waals surface area contributed by atoms with E-state index < -0.39 is 0 Å². The summed E-state index contributed by atoms with van der Waals surface area (Å²) in [5.74, 6) is -0.105. The van der Waals surface area contributed by atoms with Gasteiger partial charge in [0.15, 0.2) is 0 Å². The number of unbranched alkanes of at least 4 members (excludes halogenated alkanes) is 2. The van der Waals surface area contributed by atoms with E-state index in [4.69, 9.17) is 5.73 Å². The quantitative estimate of drug-likeness (QED) is 0.718. The lowest BCUT2D eigenvalue weighted by atomic mass is 9.95. The van der Waals surface area contributed by atoms with Gasteiger partial charge >= 0.3 is 0 Å². The van der Waals surface area contributed by atoms with Gasteiger partial charge in [-0.3, -0.25) is 4.79 Å². The standard InChI is InChI=1S/C16H23FN2O/c17-14-7-4-3-6-13(14)16(9-10-16)12-19-15(20)8-2-1-5-11-18/h3-4,6-7H,1-2,5,8-12,18H2,(H,19,20). The number of hydrogen-bond acceptors (Lipinski definition) is 2. The fraction of sp³-hybridized carbons (Fsp3) is 0.562. The molecule has 3 N–H and O–H groups in total. The maximum atomic E-state index is 13.8. The van der Waals surface area contributed by atoms with Gasteiger partial charge in [0.1, 0.15) is 5.82 Å². The number of nitrogens with one attached hydrogen (secondary N) is 1. The summed E-state index contributed by atoms with van der Waals surface area (Å²) in [5.41, 5.74) is 5.98. The zero-order valence-corrected chi connectivity index (χ0v) is 11.8. The van der Waals surface area contributed by atoms with Crippen LogP contribution >= 0.6 is 0 Å². The minimum Gasteiger partial charge on any atom is -0.355 e. The molecule has 0 atom stereocenters. The van der Waals surface area contributed by atoms with Crippen molar-refractivity contribution in [2.24, 2.45) is 5.73 Å². The molecule has 0 radical (unpaired) electrons. The summed E-state index contributed by atoms with van der Waals surface area (Å²) < 4.78 is 13.8. The zero-order valence-electron chi connectivity index (χ0n) is 11.8. The summed E-state index contributed by atoms with van der Waals surface area (Å²) >= 11 is 0. The van der Waals surface area contributed by atoms with Crippen LogP contribution in [0.4, 0.5) is 4.39 Å². The summed E-state index contributed by atoms with van der Waals surface area (Å²) in [5, 5.41) is 2.95. The van der Waals surface area contributed by atoms with Crippen LogP contribution in [0.3, 0.4) is 0 Å². The van der Waals surface area contributed by atoms with Gasteiger partial charge in [0, 0.05) is 18.4 Å². The molecule has 1 aromatic carbocycles. The molecule has 1 aliphatic carbocycles. The molecule has 1 saturated carbocycles. The third-order valence-corrected chi connectivity index (χ3v) is 4.03. The second kappa shape index (κ2) is 6.84. The first kappa shape index (κ1) is 15.0. The van der Waals surface area contributed by atoms with Crippen molar-refractivity contribution in [1.82, 2.24) is 5.32 Å². The molecule has 4 heteroatoms. The molecule has 0 spiro atoms. The third-order valence-electron chi connectivity index (χ3n) is 4.03. The topological polar surface area (TPSA) is 55.1 Å². The maximum Gasteiger partial charge on any atom is 0.220 e. The molecule has 0 unspecified atom stereocenters. The van der Waals surface area contributed by atoms with Gasteiger partial charge in [-0.25, -0.2) is 4.39 Å². The first-order valence-electron chi connectivity index (χ1n) is 7.40. The summed E-state index contributed by atoms with van der Waals surface area (Å²) in [6, 6.07) is 6.87. The molecule has 0 heterocycles. The highest BCUT2D eigenvalue weighted by Gasteiger charge is 2.45. The van der Waals surface area contributed by atoms with Gasteiger partial charge in [0.2, 0.25) is 5.91 Å². The van der Waals surface area contributed by atoms with Crippen molar-refractivity contribution in [3.05, 3.63) is 35.6 Å². The van der Waals surface area contributed by atoms with Gasteiger partial charge in [-0.1, -0.05) is 24.6 Å². The Kier molecular flexibility index (Phi) is 5.12. The number of carbonyl (C=O) groups excluding carboxylic acids is 1. The molecule has 3 nitrogen and oxygen atoms in total. The first-order chi connectivity index (χ1) is 9.68. The second-order valence-electron chi connectivity index (χ2n) is 5.64. The van der Waals surface area contributed by atoms with Gasteiger partial charge in [-0.2, -0.15) is 0 Å². The lowest BCUT2D eigenvalue weighted by Gasteiger charge is -2.17. The third kappa shape index (κ3) is 3.79. The molecular formula is C16H23FN2O. The number of amides is 1. The first-order valence-corrected chi connectivity index (χ1v) is 7.40. The van der Waals surface area contributed by atoms with Crippen molar-refractivity contribution < 1.29 is 9.18 Å². The average Bonchev–Trinajstić information content (AvgIpc) is 3.23. The molecule has 20 heavy (non-hydrogen) atoms. The number of rotatable bonds is 8. The highest BCUT2D eigenvalue weighted by Crippen LogP contribution is 2.48. The minimum absolute atomic E-state index is 0.0598. The van der Waals surface area contributed by atoms with Crippen molar-refractivity contribution in [2.75, 3.05) is 13.1 Å². The Bertz CT molecular complexity index is 458. The van der Waals surface area contributed by atoms with Crippen LogP contribution < -0.4 is 11.1 Å². The number of hydrogen-bond donors (Lipinski definition) is 2. The Labute approximate surface area is 119 Å². The van der Waals surface area contributed by atoms with Crippen molar-refractivity contribution >= 4 is 5.91 Å². The normalized spacial score (nSPS) is 15.9. The monoisotopic (exact) mass is 278 g/mol. The zero-order chi connectivity index (χ0) is 14.4. The van der Waals surface area contributed by atoms with Crippen molar-refractivity contribution in [3.8, 4) is 0 Å². The van der Waals surface area contributed by atoms with Crippen LogP contribution in [0.1, 0.15) is 44.1 Å². The maximum absolute atomic E-state index is 13.8. The SMILES string of the molecule is NCCCCCC(=O)NCC1(c2ccccc2F)CC1. The van der Waals surface area contributed by atoms with E-state index in [9.17, 15) is 9.18 Å². The van der Waals surface area contributed by atoms with Crippen molar-refractivity contribution in [1.29, 1.82) is 0 Å². The molecule has 1 aliphatic rings. The highest BCUT2D eigenvalue weighted by molar-refractivity contribution is 5.76. The molecule has 1 fully saturated rings. The minimum atomic E-state index is -0.168. The van der Waals surface area contributed by atoms with Crippen LogP contribution in [-0.4, -0.2) is 19.0 Å². The molecule has 1 aromatic rings. The molecule has 0 aliphatic heterocycles. The lowest BCUT2D eigenvalue weighted by molar-refractivity contribution is -0.121. The van der Waals surface area contributed by atoms with Crippen molar-refractivity contribution in [2.45, 2.75) is 43.9 Å². The summed E-state index contributed by atoms with van der Waals surface area (Å²) in [4.78, 5) is 11.8. The summed E-state index contributed by atoms with van der Waals surface area (Å²) in [7, 11) is 0. The summed E-state index contributed by atoms with van der Waals surface area (Å²) in [6.45, 7) is 1.22. The Morgan fingerprint density at radius 2 is 2.00 bits per heavy atom. The van der Waals surface area contributed by atoms with Gasteiger partial charge in [-0.05, 0) is 43.9 Å². The van der Waals surface area contributed by atoms with E-state index >= 15 is 0 Å². The van der Waals surface area contributed by atoms with Crippen LogP contribution in [0.15, 0.2) is 24.3 Å². The number of carbonyl (C=O) groups is 1. The Balaban J connectivity index is 1.79. The number of nitrogens with two attached hydrogens (primary N) is 1. The highest BCUT2D eigenvalue weighted by atomic mass is 19.1. The molecule has 0 saturated heterocycles.